The first-order valence-electron chi connectivity index (χ1n) is 5.12. The number of hydrogen-bond acceptors (Lipinski definition) is 2. The van der Waals surface area contributed by atoms with Gasteiger partial charge in [0.1, 0.15) is 0 Å². The van der Waals surface area contributed by atoms with Gasteiger partial charge in [0.15, 0.2) is 0 Å². The predicted molar refractivity (Wildman–Crippen MR) is 74.9 cm³/mol. The summed E-state index contributed by atoms with van der Waals surface area (Å²) < 4.78 is 25.3. The van der Waals surface area contributed by atoms with Crippen molar-refractivity contribution in [2.45, 2.75) is 16.8 Å². The van der Waals surface area contributed by atoms with E-state index in [9.17, 15) is 8.42 Å². The van der Waals surface area contributed by atoms with E-state index >= 15 is 0 Å². The fraction of sp³-hybridized carbons (Fsp3) is 0.455. The highest BCUT2D eigenvalue weighted by Gasteiger charge is 2.32. The summed E-state index contributed by atoms with van der Waals surface area (Å²) in [5.74, 6) is 0.398. The van der Waals surface area contributed by atoms with Crippen LogP contribution in [-0.2, 0) is 10.0 Å². The maximum Gasteiger partial charge on any atom is 0.232 e. The molecule has 2 rings (SSSR count). The van der Waals surface area contributed by atoms with Crippen molar-refractivity contribution in [3.05, 3.63) is 29.8 Å². The number of alkyl halides is 1. The Labute approximate surface area is 110 Å². The fourth-order valence-corrected chi connectivity index (χ4v) is 4.03. The number of para-hydroxylation sites is 1. The van der Waals surface area contributed by atoms with Gasteiger partial charge in [-0.2, -0.15) is 0 Å². The Kier molecular flexibility index (Phi) is 3.18. The number of anilines is 1. The zero-order valence-electron chi connectivity index (χ0n) is 9.22. The molecule has 1 aromatic rings. The number of fused-ring (bicyclic) bond motifs is 1. The second-order valence-electron chi connectivity index (χ2n) is 4.16. The summed E-state index contributed by atoms with van der Waals surface area (Å²) in [5.41, 5.74) is 1.96. The third kappa shape index (κ3) is 2.07. The average molecular weight is 351 g/mol. The van der Waals surface area contributed by atoms with E-state index in [1.54, 1.807) is 0 Å². The molecule has 0 spiro atoms. The predicted octanol–water partition coefficient (Wildman–Crippen LogP) is 2.37. The van der Waals surface area contributed by atoms with Crippen LogP contribution >= 0.6 is 22.6 Å². The van der Waals surface area contributed by atoms with Gasteiger partial charge in [0.05, 0.1) is 11.9 Å². The lowest BCUT2D eigenvalue weighted by molar-refractivity contribution is 0.589. The molecular formula is C11H14INO2S. The van der Waals surface area contributed by atoms with Crippen LogP contribution in [0.15, 0.2) is 24.3 Å². The second-order valence-corrected chi connectivity index (χ2v) is 7.66. The van der Waals surface area contributed by atoms with Crippen molar-refractivity contribution in [3.8, 4) is 0 Å². The van der Waals surface area contributed by atoms with Crippen LogP contribution < -0.4 is 4.31 Å². The normalized spacial score (nSPS) is 25.3. The lowest BCUT2D eigenvalue weighted by Gasteiger charge is -2.36. The molecule has 0 aliphatic carbocycles. The van der Waals surface area contributed by atoms with Crippen LogP contribution in [0.25, 0.3) is 0 Å². The third-order valence-electron chi connectivity index (χ3n) is 2.98. The smallest absolute Gasteiger partial charge is 0.232 e. The van der Waals surface area contributed by atoms with Gasteiger partial charge >= 0.3 is 0 Å². The van der Waals surface area contributed by atoms with Crippen LogP contribution in [0.2, 0.25) is 0 Å². The molecule has 0 unspecified atom stereocenters. The minimum absolute atomic E-state index is 0.322. The number of sulfonamides is 1. The molecule has 16 heavy (non-hydrogen) atoms. The Hall–Kier alpha value is -0.300. The van der Waals surface area contributed by atoms with Crippen molar-refractivity contribution in [2.24, 2.45) is 0 Å². The maximum absolute atomic E-state index is 11.7. The van der Waals surface area contributed by atoms with Gasteiger partial charge in [0.2, 0.25) is 10.0 Å². The molecule has 0 bridgehead atoms. The summed E-state index contributed by atoms with van der Waals surface area (Å²) >= 11 is 2.33. The third-order valence-corrected chi connectivity index (χ3v) is 5.60. The van der Waals surface area contributed by atoms with Crippen LogP contribution in [-0.4, -0.2) is 25.1 Å². The van der Waals surface area contributed by atoms with Gasteiger partial charge < -0.3 is 0 Å². The molecule has 1 heterocycles. The SMILES string of the molecule is C[C@@H]1c2ccccc2N(S(C)(=O)=O)C[C@H]1I. The van der Waals surface area contributed by atoms with E-state index in [-0.39, 0.29) is 0 Å². The van der Waals surface area contributed by atoms with Crippen LogP contribution in [0.3, 0.4) is 0 Å². The molecule has 1 aromatic carbocycles. The van der Waals surface area contributed by atoms with Gasteiger partial charge in [-0.1, -0.05) is 47.7 Å². The topological polar surface area (TPSA) is 37.4 Å². The lowest BCUT2D eigenvalue weighted by atomic mass is 9.93. The van der Waals surface area contributed by atoms with Crippen LogP contribution in [0.5, 0.6) is 0 Å². The lowest BCUT2D eigenvalue weighted by Crippen LogP contribution is -2.41. The van der Waals surface area contributed by atoms with E-state index in [1.165, 1.54) is 10.6 Å². The number of halogens is 1. The van der Waals surface area contributed by atoms with Gasteiger partial charge in [0.25, 0.3) is 0 Å². The van der Waals surface area contributed by atoms with Gasteiger partial charge in [-0.25, -0.2) is 8.42 Å². The van der Waals surface area contributed by atoms with Crippen LogP contribution in [0, 0.1) is 0 Å². The summed E-state index contributed by atoms with van der Waals surface area (Å²) in [6.45, 7) is 2.72. The summed E-state index contributed by atoms with van der Waals surface area (Å²) in [4.78, 5) is 0. The van der Waals surface area contributed by atoms with Gasteiger partial charge in [-0.3, -0.25) is 4.31 Å². The minimum Gasteiger partial charge on any atom is -0.269 e. The molecule has 88 valence electrons. The van der Waals surface area contributed by atoms with E-state index in [4.69, 9.17) is 0 Å². The van der Waals surface area contributed by atoms with Crippen molar-refractivity contribution in [1.82, 2.24) is 0 Å². The summed E-state index contributed by atoms with van der Waals surface area (Å²) in [7, 11) is -3.17. The highest BCUT2D eigenvalue weighted by atomic mass is 127. The maximum atomic E-state index is 11.7. The molecule has 0 N–H and O–H groups in total. The molecule has 0 saturated carbocycles. The Morgan fingerprint density at radius 1 is 1.38 bits per heavy atom. The second kappa shape index (κ2) is 4.18. The summed E-state index contributed by atoms with van der Waals surface area (Å²) in [5, 5.41) is 0. The Bertz CT molecular complexity index is 500. The first-order chi connectivity index (χ1) is 7.41. The van der Waals surface area contributed by atoms with E-state index in [0.29, 0.717) is 16.4 Å². The molecule has 5 heteroatoms. The molecule has 1 aliphatic rings. The molecule has 0 radical (unpaired) electrons. The molecular weight excluding hydrogens is 337 g/mol. The molecule has 0 aromatic heterocycles. The Morgan fingerprint density at radius 2 is 2.00 bits per heavy atom. The van der Waals surface area contributed by atoms with Crippen molar-refractivity contribution in [1.29, 1.82) is 0 Å². The minimum atomic E-state index is -3.17. The van der Waals surface area contributed by atoms with Gasteiger partial charge in [-0.15, -0.1) is 0 Å². The Morgan fingerprint density at radius 3 is 2.62 bits per heavy atom. The standard InChI is InChI=1S/C11H14INO2S/c1-8-9-5-3-4-6-11(9)13(7-10(8)12)16(2,14)15/h3-6,8,10H,7H2,1-2H3/t8-,10-/m1/s1. The monoisotopic (exact) mass is 351 g/mol. The van der Waals surface area contributed by atoms with E-state index in [0.717, 1.165) is 11.3 Å². The molecule has 3 nitrogen and oxygen atoms in total. The van der Waals surface area contributed by atoms with Crippen molar-refractivity contribution >= 4 is 38.3 Å². The highest BCUT2D eigenvalue weighted by Crippen LogP contribution is 2.39. The van der Waals surface area contributed by atoms with E-state index in [1.807, 2.05) is 24.3 Å². The quantitative estimate of drug-likeness (QED) is 0.576. The first kappa shape index (κ1) is 12.2. The molecule has 0 fully saturated rings. The van der Waals surface area contributed by atoms with Crippen molar-refractivity contribution in [3.63, 3.8) is 0 Å². The fourth-order valence-electron chi connectivity index (χ4n) is 2.02. The summed E-state index contributed by atoms with van der Waals surface area (Å²) in [6, 6.07) is 7.75. The summed E-state index contributed by atoms with van der Waals surface area (Å²) in [6.07, 6.45) is 1.27. The van der Waals surface area contributed by atoms with Crippen molar-refractivity contribution < 1.29 is 8.42 Å². The molecule has 0 saturated heterocycles. The number of benzene rings is 1. The number of nitrogens with zero attached hydrogens (tertiary/aromatic N) is 1. The Balaban J connectivity index is 2.58. The van der Waals surface area contributed by atoms with E-state index < -0.39 is 10.0 Å². The molecule has 2 atom stereocenters. The van der Waals surface area contributed by atoms with Crippen LogP contribution in [0.1, 0.15) is 18.4 Å². The van der Waals surface area contributed by atoms with E-state index in [2.05, 4.69) is 29.5 Å². The number of rotatable bonds is 1. The molecule has 1 aliphatic heterocycles. The zero-order valence-corrected chi connectivity index (χ0v) is 12.2. The first-order valence-corrected chi connectivity index (χ1v) is 8.21. The molecule has 0 amide bonds. The van der Waals surface area contributed by atoms with Gasteiger partial charge in [-0.05, 0) is 17.5 Å². The van der Waals surface area contributed by atoms with Crippen LogP contribution in [0.4, 0.5) is 5.69 Å². The highest BCUT2D eigenvalue weighted by molar-refractivity contribution is 14.1. The van der Waals surface area contributed by atoms with Gasteiger partial charge in [0, 0.05) is 10.5 Å². The van der Waals surface area contributed by atoms with Crippen molar-refractivity contribution in [2.75, 3.05) is 17.1 Å². The zero-order chi connectivity index (χ0) is 11.9. The largest absolute Gasteiger partial charge is 0.269 e. The number of hydrogen-bond donors (Lipinski definition) is 0. The average Bonchev–Trinajstić information content (AvgIpc) is 2.22.